The number of hydrogen-bond acceptors (Lipinski definition) is 4. The summed E-state index contributed by atoms with van der Waals surface area (Å²) in [6.07, 6.45) is -2.44. The highest BCUT2D eigenvalue weighted by Crippen LogP contribution is 2.33. The molecule has 0 spiro atoms. The van der Waals surface area contributed by atoms with Gasteiger partial charge in [-0.15, -0.1) is 11.3 Å². The molecular formula is C18H13F3N2O2S. The molecule has 0 fully saturated rings. The maximum atomic E-state index is 12.9. The van der Waals surface area contributed by atoms with Gasteiger partial charge in [0.05, 0.1) is 16.1 Å². The fourth-order valence-electron chi connectivity index (χ4n) is 2.47. The Hall–Kier alpha value is -2.74. The van der Waals surface area contributed by atoms with Crippen LogP contribution in [0.2, 0.25) is 0 Å². The number of aromatic carboxylic acids is 1. The Morgan fingerprint density at radius 1 is 1.23 bits per heavy atom. The van der Waals surface area contributed by atoms with Gasteiger partial charge < -0.3 is 5.11 Å². The zero-order valence-electron chi connectivity index (χ0n) is 13.5. The van der Waals surface area contributed by atoms with Crippen molar-refractivity contribution in [2.75, 3.05) is 0 Å². The molecule has 8 heteroatoms. The summed E-state index contributed by atoms with van der Waals surface area (Å²) >= 11 is 1.09. The van der Waals surface area contributed by atoms with Gasteiger partial charge in [-0.2, -0.15) is 13.2 Å². The summed E-state index contributed by atoms with van der Waals surface area (Å²) < 4.78 is 38.7. The van der Waals surface area contributed by atoms with Crippen molar-refractivity contribution in [3.63, 3.8) is 0 Å². The first-order chi connectivity index (χ1) is 12.3. The van der Waals surface area contributed by atoms with E-state index in [0.717, 1.165) is 23.5 Å². The van der Waals surface area contributed by atoms with Gasteiger partial charge in [-0.25, -0.2) is 14.8 Å². The molecule has 26 heavy (non-hydrogen) atoms. The Morgan fingerprint density at radius 2 is 2.00 bits per heavy atom. The molecule has 0 bridgehead atoms. The largest absolute Gasteiger partial charge is 0.477 e. The van der Waals surface area contributed by atoms with Crippen molar-refractivity contribution in [3.8, 4) is 22.0 Å². The van der Waals surface area contributed by atoms with Crippen LogP contribution in [0.4, 0.5) is 13.2 Å². The molecule has 4 nitrogen and oxygen atoms in total. The first-order valence-corrected chi connectivity index (χ1v) is 8.48. The summed E-state index contributed by atoms with van der Waals surface area (Å²) in [6, 6.07) is 8.13. The van der Waals surface area contributed by atoms with E-state index in [-0.39, 0.29) is 16.3 Å². The second-order valence-corrected chi connectivity index (χ2v) is 6.52. The highest BCUT2D eigenvalue weighted by molar-refractivity contribution is 7.17. The van der Waals surface area contributed by atoms with Crippen LogP contribution in [0.25, 0.3) is 22.0 Å². The lowest BCUT2D eigenvalue weighted by atomic mass is 10.1. The van der Waals surface area contributed by atoms with E-state index >= 15 is 0 Å². The van der Waals surface area contributed by atoms with E-state index in [1.54, 1.807) is 12.1 Å². The van der Waals surface area contributed by atoms with Gasteiger partial charge in [-0.1, -0.05) is 19.1 Å². The van der Waals surface area contributed by atoms with Crippen LogP contribution in [0.1, 0.15) is 27.7 Å². The number of carboxylic acids is 1. The van der Waals surface area contributed by atoms with Crippen molar-refractivity contribution >= 4 is 17.3 Å². The number of thiophene rings is 1. The Balaban J connectivity index is 2.03. The molecule has 0 aliphatic carbocycles. The number of benzene rings is 1. The third kappa shape index (κ3) is 3.60. The number of hydrogen-bond donors (Lipinski definition) is 1. The molecule has 1 N–H and O–H groups in total. The molecule has 1 aromatic carbocycles. The molecule has 3 aromatic rings. The molecule has 134 valence electrons. The van der Waals surface area contributed by atoms with E-state index in [9.17, 15) is 23.1 Å². The Bertz CT molecular complexity index is 967. The summed E-state index contributed by atoms with van der Waals surface area (Å²) in [5.74, 6) is -0.859. The van der Waals surface area contributed by atoms with E-state index in [2.05, 4.69) is 9.97 Å². The average Bonchev–Trinajstić information content (AvgIpc) is 3.06. The molecule has 0 aliphatic heterocycles. The summed E-state index contributed by atoms with van der Waals surface area (Å²) in [7, 11) is 0. The van der Waals surface area contributed by atoms with E-state index < -0.39 is 17.7 Å². The van der Waals surface area contributed by atoms with E-state index in [0.29, 0.717) is 22.6 Å². The normalized spacial score (nSPS) is 11.5. The molecule has 3 rings (SSSR count). The number of rotatable bonds is 4. The van der Waals surface area contributed by atoms with Gasteiger partial charge in [0.1, 0.15) is 4.88 Å². The van der Waals surface area contributed by atoms with Crippen molar-refractivity contribution < 1.29 is 23.1 Å². The summed E-state index contributed by atoms with van der Waals surface area (Å²) in [6.45, 7) is 1.85. The predicted octanol–water partition coefficient (Wildman–Crippen LogP) is 5.15. The number of alkyl halides is 3. The molecular weight excluding hydrogens is 365 g/mol. The van der Waals surface area contributed by atoms with Crippen LogP contribution in [-0.4, -0.2) is 21.0 Å². The van der Waals surface area contributed by atoms with Gasteiger partial charge in [0, 0.05) is 11.8 Å². The predicted molar refractivity (Wildman–Crippen MR) is 92.1 cm³/mol. The lowest BCUT2D eigenvalue weighted by molar-refractivity contribution is -0.137. The molecule has 0 saturated carbocycles. The van der Waals surface area contributed by atoms with Crippen LogP contribution in [-0.2, 0) is 12.6 Å². The zero-order valence-corrected chi connectivity index (χ0v) is 14.4. The van der Waals surface area contributed by atoms with Crippen LogP contribution in [0.15, 0.2) is 42.6 Å². The number of carbonyl (C=O) groups is 1. The smallest absolute Gasteiger partial charge is 0.416 e. The average molecular weight is 378 g/mol. The number of aromatic nitrogens is 2. The summed E-state index contributed by atoms with van der Waals surface area (Å²) in [4.78, 5) is 20.6. The number of nitrogens with zero attached hydrogens (tertiary/aromatic N) is 2. The van der Waals surface area contributed by atoms with Gasteiger partial charge in [0.15, 0.2) is 5.82 Å². The molecule has 0 aliphatic rings. The van der Waals surface area contributed by atoms with E-state index in [1.807, 2.05) is 6.92 Å². The lowest BCUT2D eigenvalue weighted by Crippen LogP contribution is -2.04. The van der Waals surface area contributed by atoms with Crippen molar-refractivity contribution in [1.82, 2.24) is 9.97 Å². The molecule has 0 unspecified atom stereocenters. The highest BCUT2D eigenvalue weighted by Gasteiger charge is 2.30. The number of halogens is 3. The number of carboxylic acid groups (broad SMARTS) is 1. The topological polar surface area (TPSA) is 63.1 Å². The Kier molecular flexibility index (Phi) is 4.78. The third-order valence-electron chi connectivity index (χ3n) is 3.74. The van der Waals surface area contributed by atoms with Gasteiger partial charge in [0.25, 0.3) is 0 Å². The first kappa shape index (κ1) is 18.1. The monoisotopic (exact) mass is 378 g/mol. The van der Waals surface area contributed by atoms with Crippen molar-refractivity contribution in [2.45, 2.75) is 19.5 Å². The molecule has 0 atom stereocenters. The van der Waals surface area contributed by atoms with Crippen LogP contribution < -0.4 is 0 Å². The molecule has 0 radical (unpaired) electrons. The fourth-order valence-corrected chi connectivity index (χ4v) is 3.53. The third-order valence-corrected chi connectivity index (χ3v) is 4.93. The van der Waals surface area contributed by atoms with Crippen molar-refractivity contribution in [1.29, 1.82) is 0 Å². The fraction of sp³-hybridized carbons (Fsp3) is 0.167. The lowest BCUT2D eigenvalue weighted by Gasteiger charge is -2.08. The van der Waals surface area contributed by atoms with Crippen LogP contribution >= 0.6 is 11.3 Å². The minimum atomic E-state index is -4.45. The van der Waals surface area contributed by atoms with Crippen molar-refractivity contribution in [3.05, 3.63) is 58.6 Å². The highest BCUT2D eigenvalue weighted by atomic mass is 32.1. The second kappa shape index (κ2) is 6.87. The maximum Gasteiger partial charge on any atom is 0.416 e. The minimum Gasteiger partial charge on any atom is -0.477 e. The van der Waals surface area contributed by atoms with Crippen molar-refractivity contribution in [2.24, 2.45) is 0 Å². The van der Waals surface area contributed by atoms with Gasteiger partial charge in [-0.3, -0.25) is 0 Å². The summed E-state index contributed by atoms with van der Waals surface area (Å²) in [5.41, 5.74) is 0.630. The SMILES string of the molecule is CCc1cc(-c2ccnc(-c3cccc(C(F)(F)F)c3)n2)sc1C(=O)O. The quantitative estimate of drug-likeness (QED) is 0.682. The minimum absolute atomic E-state index is 0.150. The standard InChI is InChI=1S/C18H13F3N2O2S/c1-2-10-9-14(26-15(10)17(24)25)13-6-7-22-16(23-13)11-4-3-5-12(8-11)18(19,20)21/h3-9H,2H2,1H3,(H,24,25). The summed E-state index contributed by atoms with van der Waals surface area (Å²) in [5, 5.41) is 9.27. The van der Waals surface area contributed by atoms with Gasteiger partial charge >= 0.3 is 12.1 Å². The van der Waals surface area contributed by atoms with Crippen LogP contribution in [0.5, 0.6) is 0 Å². The molecule has 2 aromatic heterocycles. The molecule has 0 saturated heterocycles. The zero-order chi connectivity index (χ0) is 18.9. The van der Waals surface area contributed by atoms with E-state index in [4.69, 9.17) is 0 Å². The van der Waals surface area contributed by atoms with Crippen LogP contribution in [0.3, 0.4) is 0 Å². The Labute approximate surface area is 151 Å². The second-order valence-electron chi connectivity index (χ2n) is 5.47. The Morgan fingerprint density at radius 3 is 2.62 bits per heavy atom. The molecule has 2 heterocycles. The number of aryl methyl sites for hydroxylation is 1. The van der Waals surface area contributed by atoms with Gasteiger partial charge in [-0.05, 0) is 36.2 Å². The molecule has 0 amide bonds. The first-order valence-electron chi connectivity index (χ1n) is 7.66. The maximum absolute atomic E-state index is 12.9. The van der Waals surface area contributed by atoms with E-state index in [1.165, 1.54) is 18.3 Å². The van der Waals surface area contributed by atoms with Gasteiger partial charge in [0.2, 0.25) is 0 Å². The van der Waals surface area contributed by atoms with Crippen LogP contribution in [0, 0.1) is 0 Å².